The second kappa shape index (κ2) is 6.52. The Hall–Kier alpha value is -1.48. The molecule has 0 fully saturated rings. The predicted molar refractivity (Wildman–Crippen MR) is 91.1 cm³/mol. The fourth-order valence-electron chi connectivity index (χ4n) is 2.78. The van der Waals surface area contributed by atoms with Crippen molar-refractivity contribution in [3.05, 3.63) is 58.1 Å². The molecule has 1 aliphatic rings. The molecular weight excluding hydrogens is 326 g/mol. The molecule has 0 amide bonds. The van der Waals surface area contributed by atoms with Gasteiger partial charge >= 0.3 is 0 Å². The van der Waals surface area contributed by atoms with Crippen molar-refractivity contribution in [2.45, 2.75) is 32.2 Å². The van der Waals surface area contributed by atoms with Crippen LogP contribution in [0.2, 0.25) is 0 Å². The van der Waals surface area contributed by atoms with Gasteiger partial charge in [-0.2, -0.15) is 0 Å². The van der Waals surface area contributed by atoms with E-state index >= 15 is 0 Å². The highest BCUT2D eigenvalue weighted by Gasteiger charge is 2.19. The summed E-state index contributed by atoms with van der Waals surface area (Å²) in [6.45, 7) is 2.97. The molecule has 1 aliphatic heterocycles. The van der Waals surface area contributed by atoms with Crippen LogP contribution in [0.5, 0.6) is 5.75 Å². The highest BCUT2D eigenvalue weighted by Crippen LogP contribution is 2.35. The molecule has 0 aliphatic carbocycles. The van der Waals surface area contributed by atoms with E-state index in [0.29, 0.717) is 6.04 Å². The van der Waals surface area contributed by atoms with Gasteiger partial charge in [0.2, 0.25) is 0 Å². The first-order valence-corrected chi connectivity index (χ1v) is 8.33. The van der Waals surface area contributed by atoms with E-state index < -0.39 is 0 Å². The number of ether oxygens (including phenoxy) is 1. The highest BCUT2D eigenvalue weighted by molar-refractivity contribution is 9.10. The summed E-state index contributed by atoms with van der Waals surface area (Å²) in [6, 6.07) is 15.3. The third-order valence-corrected chi connectivity index (χ3v) is 4.42. The molecule has 2 nitrogen and oxygen atoms in total. The molecule has 3 heteroatoms. The average Bonchev–Trinajstić information content (AvgIpc) is 2.69. The topological polar surface area (TPSA) is 21.3 Å². The van der Waals surface area contributed by atoms with Gasteiger partial charge in [0.05, 0.1) is 12.6 Å². The summed E-state index contributed by atoms with van der Waals surface area (Å²) in [4.78, 5) is 0. The average molecular weight is 346 g/mol. The highest BCUT2D eigenvalue weighted by atomic mass is 79.9. The largest absolute Gasteiger partial charge is 0.493 e. The molecule has 2 aromatic carbocycles. The Balaban J connectivity index is 1.88. The minimum Gasteiger partial charge on any atom is -0.493 e. The standard InChI is InChI=1S/C18H20BrNO/c1-2-13-5-3-6-15(11-13)20-17-7-4-10-21-18-12-14(19)8-9-16(17)18/h3,5-6,8-9,11-12,17,20H,2,4,7,10H2,1H3. The van der Waals surface area contributed by atoms with Gasteiger partial charge in [0.15, 0.2) is 0 Å². The number of halogens is 1. The molecule has 3 rings (SSSR count). The van der Waals surface area contributed by atoms with Crippen LogP contribution < -0.4 is 10.1 Å². The monoisotopic (exact) mass is 345 g/mol. The number of aryl methyl sites for hydroxylation is 1. The number of rotatable bonds is 3. The smallest absolute Gasteiger partial charge is 0.125 e. The van der Waals surface area contributed by atoms with Gasteiger partial charge in [-0.15, -0.1) is 0 Å². The van der Waals surface area contributed by atoms with Crippen LogP contribution in [0.15, 0.2) is 46.9 Å². The molecule has 1 heterocycles. The summed E-state index contributed by atoms with van der Waals surface area (Å²) in [7, 11) is 0. The van der Waals surface area contributed by atoms with Gasteiger partial charge in [-0.05, 0) is 49.1 Å². The Kier molecular flexibility index (Phi) is 4.49. The lowest BCUT2D eigenvalue weighted by Crippen LogP contribution is -2.10. The van der Waals surface area contributed by atoms with E-state index in [4.69, 9.17) is 4.74 Å². The molecule has 0 radical (unpaired) electrons. The molecule has 2 aromatic rings. The number of benzene rings is 2. The SMILES string of the molecule is CCc1cccc(NC2CCCOc3cc(Br)ccc32)c1. The van der Waals surface area contributed by atoms with Gasteiger partial charge in [0, 0.05) is 15.7 Å². The molecule has 0 saturated carbocycles. The van der Waals surface area contributed by atoms with E-state index in [1.54, 1.807) is 0 Å². The Bertz CT molecular complexity index is 626. The molecule has 21 heavy (non-hydrogen) atoms. The van der Waals surface area contributed by atoms with Crippen molar-refractivity contribution in [3.63, 3.8) is 0 Å². The quantitative estimate of drug-likeness (QED) is 0.810. The number of nitrogens with one attached hydrogen (secondary N) is 1. The molecule has 0 aromatic heterocycles. The lowest BCUT2D eigenvalue weighted by atomic mass is 10.0. The maximum absolute atomic E-state index is 5.87. The van der Waals surface area contributed by atoms with Crippen molar-refractivity contribution in [3.8, 4) is 5.75 Å². The summed E-state index contributed by atoms with van der Waals surface area (Å²) in [5, 5.41) is 3.68. The van der Waals surface area contributed by atoms with Crippen molar-refractivity contribution < 1.29 is 4.74 Å². The van der Waals surface area contributed by atoms with Gasteiger partial charge in [0.25, 0.3) is 0 Å². The summed E-state index contributed by atoms with van der Waals surface area (Å²) in [5.74, 6) is 0.992. The molecule has 1 N–H and O–H groups in total. The summed E-state index contributed by atoms with van der Waals surface area (Å²) in [6.07, 6.45) is 3.22. The lowest BCUT2D eigenvalue weighted by molar-refractivity contribution is 0.316. The Morgan fingerprint density at radius 2 is 2.14 bits per heavy atom. The number of anilines is 1. The summed E-state index contributed by atoms with van der Waals surface area (Å²) >= 11 is 3.52. The summed E-state index contributed by atoms with van der Waals surface area (Å²) < 4.78 is 6.94. The molecular formula is C18H20BrNO. The maximum Gasteiger partial charge on any atom is 0.125 e. The first-order valence-electron chi connectivity index (χ1n) is 7.54. The van der Waals surface area contributed by atoms with E-state index in [9.17, 15) is 0 Å². The molecule has 0 spiro atoms. The van der Waals surface area contributed by atoms with Crippen LogP contribution >= 0.6 is 15.9 Å². The second-order valence-corrected chi connectivity index (χ2v) is 6.34. The van der Waals surface area contributed by atoms with Gasteiger partial charge in [-0.3, -0.25) is 0 Å². The van der Waals surface area contributed by atoms with E-state index in [1.807, 2.05) is 0 Å². The minimum atomic E-state index is 0.308. The zero-order valence-electron chi connectivity index (χ0n) is 12.2. The third-order valence-electron chi connectivity index (χ3n) is 3.92. The maximum atomic E-state index is 5.87. The predicted octanol–water partition coefficient (Wildman–Crippen LogP) is 5.34. The first kappa shape index (κ1) is 14.5. The third kappa shape index (κ3) is 3.41. The van der Waals surface area contributed by atoms with Gasteiger partial charge in [-0.1, -0.05) is 41.1 Å². The van der Waals surface area contributed by atoms with Crippen LogP contribution in [0.3, 0.4) is 0 Å². The normalized spacial score (nSPS) is 17.5. The van der Waals surface area contributed by atoms with Gasteiger partial charge in [0.1, 0.15) is 5.75 Å². The van der Waals surface area contributed by atoms with E-state index in [0.717, 1.165) is 36.1 Å². The Morgan fingerprint density at radius 3 is 3.00 bits per heavy atom. The van der Waals surface area contributed by atoms with E-state index in [1.165, 1.54) is 16.8 Å². The van der Waals surface area contributed by atoms with E-state index in [2.05, 4.69) is 70.6 Å². The van der Waals surface area contributed by atoms with Crippen LogP contribution in [-0.4, -0.2) is 6.61 Å². The van der Waals surface area contributed by atoms with Gasteiger partial charge < -0.3 is 10.1 Å². The number of hydrogen-bond donors (Lipinski definition) is 1. The number of hydrogen-bond acceptors (Lipinski definition) is 2. The van der Waals surface area contributed by atoms with Crippen molar-refractivity contribution in [2.75, 3.05) is 11.9 Å². The first-order chi connectivity index (χ1) is 10.3. The molecule has 0 bridgehead atoms. The van der Waals surface area contributed by atoms with Crippen LogP contribution in [-0.2, 0) is 6.42 Å². The van der Waals surface area contributed by atoms with E-state index in [-0.39, 0.29) is 0 Å². The minimum absolute atomic E-state index is 0.308. The van der Waals surface area contributed by atoms with Crippen LogP contribution in [0.4, 0.5) is 5.69 Å². The van der Waals surface area contributed by atoms with Crippen molar-refractivity contribution >= 4 is 21.6 Å². The second-order valence-electron chi connectivity index (χ2n) is 5.42. The summed E-state index contributed by atoms with van der Waals surface area (Å²) in [5.41, 5.74) is 3.80. The van der Waals surface area contributed by atoms with Crippen LogP contribution in [0.1, 0.15) is 36.9 Å². The number of fused-ring (bicyclic) bond motifs is 1. The zero-order chi connectivity index (χ0) is 14.7. The van der Waals surface area contributed by atoms with Crippen LogP contribution in [0.25, 0.3) is 0 Å². The molecule has 110 valence electrons. The fourth-order valence-corrected chi connectivity index (χ4v) is 3.12. The van der Waals surface area contributed by atoms with Gasteiger partial charge in [-0.25, -0.2) is 0 Å². The lowest BCUT2D eigenvalue weighted by Gasteiger charge is -2.20. The fraction of sp³-hybridized carbons (Fsp3) is 0.333. The Labute approximate surface area is 134 Å². The van der Waals surface area contributed by atoms with Crippen LogP contribution in [0, 0.1) is 0 Å². The zero-order valence-corrected chi connectivity index (χ0v) is 13.8. The molecule has 1 unspecified atom stereocenters. The van der Waals surface area contributed by atoms with Crippen molar-refractivity contribution in [1.29, 1.82) is 0 Å². The molecule has 0 saturated heterocycles. The molecule has 1 atom stereocenters. The Morgan fingerprint density at radius 1 is 1.24 bits per heavy atom. The van der Waals surface area contributed by atoms with Crippen molar-refractivity contribution in [2.24, 2.45) is 0 Å². The van der Waals surface area contributed by atoms with Crippen molar-refractivity contribution in [1.82, 2.24) is 0 Å².